The molecule has 0 fully saturated rings. The molecule has 3 aliphatic rings. The summed E-state index contributed by atoms with van der Waals surface area (Å²) in [5, 5.41) is 2.28. The van der Waals surface area contributed by atoms with Gasteiger partial charge < -0.3 is 14.2 Å². The van der Waals surface area contributed by atoms with Gasteiger partial charge in [0.05, 0.1) is 0 Å². The minimum atomic E-state index is -0.132. The van der Waals surface area contributed by atoms with Crippen LogP contribution in [0.25, 0.3) is 44.2 Å². The number of anilines is 6. The van der Waals surface area contributed by atoms with E-state index in [1.165, 1.54) is 89.2 Å². The lowest BCUT2D eigenvalue weighted by Crippen LogP contribution is -2.61. The van der Waals surface area contributed by atoms with Gasteiger partial charge in [-0.05, 0) is 137 Å². The van der Waals surface area contributed by atoms with Crippen molar-refractivity contribution >= 4 is 79.2 Å². The minimum Gasteiger partial charge on any atom is -0.456 e. The second kappa shape index (κ2) is 14.1. The number of hydrogen-bond acceptors (Lipinski definition) is 3. The fraction of sp³-hybridized carbons (Fsp3) is 0.238. The molecular weight excluding hydrogens is 812 g/mol. The summed E-state index contributed by atoms with van der Waals surface area (Å²) < 4.78 is 6.60. The van der Waals surface area contributed by atoms with Gasteiger partial charge in [0.15, 0.2) is 0 Å². The van der Waals surface area contributed by atoms with Gasteiger partial charge in [-0.15, -0.1) is 0 Å². The van der Waals surface area contributed by atoms with Gasteiger partial charge >= 0.3 is 0 Å². The Morgan fingerprint density at radius 2 is 1.01 bits per heavy atom. The molecule has 0 radical (unpaired) electrons. The molecular formula is C63H59BN2O. The van der Waals surface area contributed by atoms with Crippen LogP contribution < -0.4 is 26.2 Å². The van der Waals surface area contributed by atoms with Crippen LogP contribution >= 0.6 is 0 Å². The molecule has 9 aromatic rings. The van der Waals surface area contributed by atoms with Crippen LogP contribution in [0.15, 0.2) is 162 Å². The predicted octanol–water partition coefficient (Wildman–Crippen LogP) is 15.5. The molecule has 0 saturated heterocycles. The van der Waals surface area contributed by atoms with Crippen molar-refractivity contribution in [3.63, 3.8) is 0 Å². The first-order chi connectivity index (χ1) is 31.9. The third-order valence-corrected chi connectivity index (χ3v) is 15.3. The van der Waals surface area contributed by atoms with Crippen LogP contribution in [0, 0.1) is 0 Å². The maximum atomic E-state index is 6.60. The van der Waals surface area contributed by atoms with E-state index in [9.17, 15) is 0 Å². The van der Waals surface area contributed by atoms with Crippen molar-refractivity contribution in [2.75, 3.05) is 9.80 Å². The maximum Gasteiger partial charge on any atom is 0.252 e. The summed E-state index contributed by atoms with van der Waals surface area (Å²) >= 11 is 0. The highest BCUT2D eigenvalue weighted by atomic mass is 16.3. The van der Waals surface area contributed by atoms with Crippen molar-refractivity contribution in [3.05, 3.63) is 186 Å². The maximum absolute atomic E-state index is 6.60. The van der Waals surface area contributed by atoms with Gasteiger partial charge in [-0.3, -0.25) is 0 Å². The van der Waals surface area contributed by atoms with Crippen molar-refractivity contribution in [1.29, 1.82) is 0 Å². The Hall–Kier alpha value is -6.78. The first kappa shape index (κ1) is 41.6. The molecule has 2 aliphatic heterocycles. The Morgan fingerprint density at radius 1 is 0.433 bits per heavy atom. The molecule has 12 rings (SSSR count). The topological polar surface area (TPSA) is 19.6 Å². The summed E-state index contributed by atoms with van der Waals surface area (Å²) in [5.41, 5.74) is 24.6. The molecule has 1 aliphatic carbocycles. The SMILES string of the molecule is CC(C)(C)c1ccc2c(c1)B1c3ccc(C(C)(C)C)cc3N(c3ccc(-c4cccc5c4-c4ccccc4C5(C)C)cc3)c3cc(C(C)(C)C)cc(c31)N2c1ccc2c(c1)oc1ccccc12. The lowest BCUT2D eigenvalue weighted by molar-refractivity contribution is 0.589. The van der Waals surface area contributed by atoms with Gasteiger partial charge in [0.1, 0.15) is 11.2 Å². The molecule has 0 unspecified atom stereocenters. The van der Waals surface area contributed by atoms with Crippen LogP contribution in [-0.4, -0.2) is 6.71 Å². The molecule has 0 amide bonds. The smallest absolute Gasteiger partial charge is 0.252 e. The van der Waals surface area contributed by atoms with Crippen LogP contribution in [0.4, 0.5) is 34.1 Å². The first-order valence-electron chi connectivity index (χ1n) is 24.2. The molecule has 8 aromatic carbocycles. The summed E-state index contributed by atoms with van der Waals surface area (Å²) in [6.45, 7) is 25.8. The van der Waals surface area contributed by atoms with E-state index < -0.39 is 0 Å². The Labute approximate surface area is 397 Å². The Balaban J connectivity index is 1.12. The highest BCUT2D eigenvalue weighted by molar-refractivity contribution is 7.00. The molecule has 1 aromatic heterocycles. The fourth-order valence-corrected chi connectivity index (χ4v) is 11.6. The summed E-state index contributed by atoms with van der Waals surface area (Å²) in [5.74, 6) is 0. The van der Waals surface area contributed by atoms with E-state index in [0.717, 1.165) is 33.3 Å². The molecule has 0 saturated carbocycles. The van der Waals surface area contributed by atoms with Crippen molar-refractivity contribution < 1.29 is 4.42 Å². The summed E-state index contributed by atoms with van der Waals surface area (Å²) in [6.07, 6.45) is 0. The highest BCUT2D eigenvalue weighted by Gasteiger charge is 2.45. The molecule has 67 heavy (non-hydrogen) atoms. The van der Waals surface area contributed by atoms with Crippen LogP contribution in [0.3, 0.4) is 0 Å². The van der Waals surface area contributed by atoms with Crippen molar-refractivity contribution in [2.24, 2.45) is 0 Å². The van der Waals surface area contributed by atoms with Gasteiger partial charge in [-0.2, -0.15) is 0 Å². The molecule has 0 spiro atoms. The molecule has 3 heterocycles. The summed E-state index contributed by atoms with van der Waals surface area (Å²) in [7, 11) is 0. The van der Waals surface area contributed by atoms with Gasteiger partial charge in [-0.25, -0.2) is 0 Å². The first-order valence-corrected chi connectivity index (χ1v) is 24.2. The van der Waals surface area contributed by atoms with Gasteiger partial charge in [0.2, 0.25) is 0 Å². The van der Waals surface area contributed by atoms with Crippen LogP contribution in [0.5, 0.6) is 0 Å². The van der Waals surface area contributed by atoms with Crippen molar-refractivity contribution in [1.82, 2.24) is 0 Å². The monoisotopic (exact) mass is 870 g/mol. The van der Waals surface area contributed by atoms with Crippen molar-refractivity contribution in [2.45, 2.75) is 97.8 Å². The third kappa shape index (κ3) is 6.25. The number of hydrogen-bond donors (Lipinski definition) is 0. The number of nitrogens with zero attached hydrogens (tertiary/aromatic N) is 2. The second-order valence-corrected chi connectivity index (χ2v) is 23.1. The molecule has 330 valence electrons. The van der Waals surface area contributed by atoms with Gasteiger partial charge in [0.25, 0.3) is 6.71 Å². The van der Waals surface area contributed by atoms with E-state index >= 15 is 0 Å². The molecule has 0 N–H and O–H groups in total. The zero-order valence-electron chi connectivity index (χ0n) is 40.9. The molecule has 0 atom stereocenters. The summed E-state index contributed by atoms with van der Waals surface area (Å²) in [4.78, 5) is 5.12. The quantitative estimate of drug-likeness (QED) is 0.165. The highest BCUT2D eigenvalue weighted by Crippen LogP contribution is 2.53. The van der Waals surface area contributed by atoms with E-state index in [0.29, 0.717) is 0 Å². The normalized spacial score (nSPS) is 14.8. The number of rotatable bonds is 3. The van der Waals surface area contributed by atoms with Gasteiger partial charge in [-0.1, -0.05) is 173 Å². The van der Waals surface area contributed by atoms with Crippen LogP contribution in [0.2, 0.25) is 0 Å². The number of furan rings is 1. The molecule has 4 heteroatoms. The lowest BCUT2D eigenvalue weighted by Gasteiger charge is -2.45. The van der Waals surface area contributed by atoms with Crippen LogP contribution in [0.1, 0.15) is 104 Å². The number of fused-ring (bicyclic) bond motifs is 10. The minimum absolute atomic E-state index is 0.0115. The zero-order chi connectivity index (χ0) is 46.5. The summed E-state index contributed by atoms with van der Waals surface area (Å²) in [6, 6.07) is 60.1. The standard InChI is InChI=1S/C63H59BN2O/c1-60(2,3)39-26-32-52-51(33-39)64-50-31-25-40(61(4,5)6)34-53(50)65(42-27-23-38(24-28-42)44-19-16-21-49-58(44)47-18-12-14-20-48(47)63(49,10)11)54-35-41(62(7,8)9)36-55(59(54)64)66(52)43-29-30-46-45-17-13-15-22-56(45)67-57(46)37-43/h12-37H,1-11H3. The zero-order valence-corrected chi connectivity index (χ0v) is 40.9. The van der Waals surface area contributed by atoms with E-state index in [2.05, 4.69) is 244 Å². The predicted molar refractivity (Wildman–Crippen MR) is 287 cm³/mol. The van der Waals surface area contributed by atoms with Gasteiger partial charge in [0, 0.05) is 56.4 Å². The number of benzene rings is 8. The average molecular weight is 871 g/mol. The largest absolute Gasteiger partial charge is 0.456 e. The van der Waals surface area contributed by atoms with E-state index in [1.54, 1.807) is 0 Å². The second-order valence-electron chi connectivity index (χ2n) is 23.1. The Bertz CT molecular complexity index is 3510. The average Bonchev–Trinajstić information content (AvgIpc) is 3.78. The molecule has 0 bridgehead atoms. The number of para-hydroxylation sites is 1. The van der Waals surface area contributed by atoms with E-state index in [-0.39, 0.29) is 28.4 Å². The van der Waals surface area contributed by atoms with E-state index in [1.807, 2.05) is 0 Å². The third-order valence-electron chi connectivity index (χ3n) is 15.3. The fourth-order valence-electron chi connectivity index (χ4n) is 11.6. The van der Waals surface area contributed by atoms with E-state index in [4.69, 9.17) is 4.42 Å². The Morgan fingerprint density at radius 3 is 1.75 bits per heavy atom. The van der Waals surface area contributed by atoms with Crippen LogP contribution in [-0.2, 0) is 21.7 Å². The lowest BCUT2D eigenvalue weighted by atomic mass is 9.33. The molecule has 3 nitrogen and oxygen atoms in total. The Kier molecular flexibility index (Phi) is 8.78. The van der Waals surface area contributed by atoms with Crippen molar-refractivity contribution in [3.8, 4) is 22.3 Å².